The topological polar surface area (TPSA) is 121 Å². The Kier molecular flexibility index (Phi) is 3.41. The molecular weight excluding hydrogens is 185 g/mol. The van der Waals surface area contributed by atoms with Crippen molar-refractivity contribution in [2.24, 2.45) is 5.73 Å². The van der Waals surface area contributed by atoms with Gasteiger partial charge in [-0.15, -0.1) is 0 Å². The molecule has 0 fully saturated rings. The fraction of sp³-hybridized carbons (Fsp3) is 0.800. The van der Waals surface area contributed by atoms with Gasteiger partial charge < -0.3 is 20.6 Å². The first-order valence-electron chi connectivity index (χ1n) is 3.18. The number of hydrogen-bond donors (Lipinski definition) is 4. The molecule has 72 valence electrons. The number of carbonyl (C=O) groups excluding carboxylic acids is 1. The van der Waals surface area contributed by atoms with Crippen molar-refractivity contribution in [3.8, 4) is 0 Å². The van der Waals surface area contributed by atoms with Gasteiger partial charge in [-0.25, -0.2) is 0 Å². The SMILES string of the molecule is CC(CO)(CC(N)=O)P(=O)(O)O. The number of rotatable bonds is 4. The van der Waals surface area contributed by atoms with E-state index in [1.54, 1.807) is 0 Å². The summed E-state index contributed by atoms with van der Waals surface area (Å²) in [6.45, 7) is 0.332. The van der Waals surface area contributed by atoms with Crippen LogP contribution in [-0.2, 0) is 9.36 Å². The molecule has 12 heavy (non-hydrogen) atoms. The van der Waals surface area contributed by atoms with E-state index in [2.05, 4.69) is 0 Å². The molecule has 0 aliphatic carbocycles. The summed E-state index contributed by atoms with van der Waals surface area (Å²) < 4.78 is 10.7. The van der Waals surface area contributed by atoms with Crippen LogP contribution in [0.3, 0.4) is 0 Å². The molecule has 0 heterocycles. The largest absolute Gasteiger partial charge is 0.395 e. The fourth-order valence-corrected chi connectivity index (χ4v) is 1.17. The van der Waals surface area contributed by atoms with Crippen molar-refractivity contribution in [3.63, 3.8) is 0 Å². The van der Waals surface area contributed by atoms with Gasteiger partial charge in [0, 0.05) is 6.42 Å². The van der Waals surface area contributed by atoms with Crippen LogP contribution in [0.2, 0.25) is 0 Å². The summed E-state index contributed by atoms with van der Waals surface area (Å²) in [6.07, 6.45) is -0.534. The first kappa shape index (κ1) is 11.6. The van der Waals surface area contributed by atoms with Crippen molar-refractivity contribution >= 4 is 13.5 Å². The van der Waals surface area contributed by atoms with Crippen LogP contribution >= 0.6 is 7.60 Å². The molecule has 0 aromatic rings. The molecule has 0 saturated carbocycles. The van der Waals surface area contributed by atoms with Gasteiger partial charge in [-0.3, -0.25) is 9.36 Å². The third-order valence-corrected chi connectivity index (χ3v) is 3.30. The molecule has 0 aromatic carbocycles. The van der Waals surface area contributed by atoms with E-state index in [4.69, 9.17) is 20.6 Å². The van der Waals surface area contributed by atoms with E-state index in [0.29, 0.717) is 0 Å². The highest BCUT2D eigenvalue weighted by atomic mass is 31.2. The lowest BCUT2D eigenvalue weighted by Gasteiger charge is -2.26. The molecule has 6 nitrogen and oxygen atoms in total. The molecule has 0 bridgehead atoms. The lowest BCUT2D eigenvalue weighted by Crippen LogP contribution is -2.34. The van der Waals surface area contributed by atoms with Gasteiger partial charge in [0.2, 0.25) is 5.91 Å². The van der Waals surface area contributed by atoms with E-state index in [9.17, 15) is 9.36 Å². The molecule has 1 unspecified atom stereocenters. The number of hydrogen-bond acceptors (Lipinski definition) is 3. The molecule has 1 amide bonds. The van der Waals surface area contributed by atoms with E-state index in [0.717, 1.165) is 6.92 Å². The molecule has 0 aliphatic rings. The summed E-state index contributed by atoms with van der Waals surface area (Å²) in [5.74, 6) is -0.852. The first-order chi connectivity index (χ1) is 5.23. The average molecular weight is 197 g/mol. The smallest absolute Gasteiger partial charge is 0.334 e. The minimum atomic E-state index is -4.49. The van der Waals surface area contributed by atoms with E-state index >= 15 is 0 Å². The second-order valence-corrected chi connectivity index (χ2v) is 5.01. The number of aliphatic hydroxyl groups is 1. The molecule has 0 saturated heterocycles. The summed E-state index contributed by atoms with van der Waals surface area (Å²) in [4.78, 5) is 27.8. The van der Waals surface area contributed by atoms with Gasteiger partial charge in [-0.05, 0) is 6.92 Å². The fourth-order valence-electron chi connectivity index (χ4n) is 0.626. The zero-order valence-electron chi connectivity index (χ0n) is 6.60. The quantitative estimate of drug-likeness (QED) is 0.421. The maximum absolute atomic E-state index is 10.7. The van der Waals surface area contributed by atoms with E-state index in [1.165, 1.54) is 0 Å². The minimum Gasteiger partial charge on any atom is -0.395 e. The van der Waals surface area contributed by atoms with Crippen LogP contribution in [0.4, 0.5) is 0 Å². The van der Waals surface area contributed by atoms with Gasteiger partial charge in [-0.2, -0.15) is 0 Å². The van der Waals surface area contributed by atoms with Crippen LogP contribution in [0.5, 0.6) is 0 Å². The van der Waals surface area contributed by atoms with Gasteiger partial charge >= 0.3 is 7.60 Å². The maximum atomic E-state index is 10.7. The lowest BCUT2D eigenvalue weighted by molar-refractivity contribution is -0.118. The molecule has 0 aromatic heterocycles. The number of primary amides is 1. The monoisotopic (exact) mass is 197 g/mol. The zero-order valence-corrected chi connectivity index (χ0v) is 7.49. The molecule has 7 heteroatoms. The highest BCUT2D eigenvalue weighted by Gasteiger charge is 2.43. The zero-order chi connectivity index (χ0) is 9.99. The Morgan fingerprint density at radius 2 is 2.00 bits per heavy atom. The Bertz CT molecular complexity index is 224. The number of amides is 1. The second kappa shape index (κ2) is 3.53. The van der Waals surface area contributed by atoms with Crippen LogP contribution in [0.15, 0.2) is 0 Å². The molecule has 0 aliphatic heterocycles. The molecule has 0 rings (SSSR count). The Hall–Kier alpha value is -0.420. The van der Waals surface area contributed by atoms with E-state index in [-0.39, 0.29) is 0 Å². The summed E-state index contributed by atoms with van der Waals surface area (Å²) in [5, 5.41) is 6.92. The van der Waals surface area contributed by atoms with Crippen molar-refractivity contribution in [3.05, 3.63) is 0 Å². The minimum absolute atomic E-state index is 0.534. The molecule has 0 radical (unpaired) electrons. The second-order valence-electron chi connectivity index (χ2n) is 2.84. The average Bonchev–Trinajstić information content (AvgIpc) is 1.83. The van der Waals surface area contributed by atoms with E-state index in [1.807, 2.05) is 0 Å². The normalized spacial score (nSPS) is 17.0. The Labute approximate surface area is 69.5 Å². The third-order valence-electron chi connectivity index (χ3n) is 1.60. The molecular formula is C5H12NO5P. The Morgan fingerprint density at radius 1 is 1.58 bits per heavy atom. The van der Waals surface area contributed by atoms with Crippen LogP contribution in [0, 0.1) is 0 Å². The summed E-state index contributed by atoms with van der Waals surface area (Å²) in [7, 11) is -4.49. The number of nitrogens with two attached hydrogens (primary N) is 1. The first-order valence-corrected chi connectivity index (χ1v) is 4.79. The lowest BCUT2D eigenvalue weighted by atomic mass is 10.1. The number of aliphatic hydroxyl groups excluding tert-OH is 1. The standard InChI is InChI=1S/C5H12NO5P/c1-5(3-7,2-4(6)8)12(9,10)11/h7H,2-3H2,1H3,(H2,6,8)(H2,9,10,11). The summed E-state index contributed by atoms with van der Waals surface area (Å²) in [5.41, 5.74) is 4.76. The molecule has 0 spiro atoms. The van der Waals surface area contributed by atoms with Gasteiger partial charge in [0.05, 0.1) is 6.61 Å². The maximum Gasteiger partial charge on any atom is 0.334 e. The van der Waals surface area contributed by atoms with Crippen molar-refractivity contribution in [2.75, 3.05) is 6.61 Å². The predicted molar refractivity (Wildman–Crippen MR) is 41.3 cm³/mol. The third kappa shape index (κ3) is 2.57. The van der Waals surface area contributed by atoms with Crippen LogP contribution in [0.1, 0.15) is 13.3 Å². The van der Waals surface area contributed by atoms with Gasteiger partial charge in [0.15, 0.2) is 0 Å². The molecule has 5 N–H and O–H groups in total. The van der Waals surface area contributed by atoms with Gasteiger partial charge in [-0.1, -0.05) is 0 Å². The predicted octanol–water partition coefficient (Wildman–Crippen LogP) is -1.21. The van der Waals surface area contributed by atoms with Crippen LogP contribution < -0.4 is 5.73 Å². The van der Waals surface area contributed by atoms with Crippen LogP contribution in [0.25, 0.3) is 0 Å². The van der Waals surface area contributed by atoms with Crippen molar-refractivity contribution in [2.45, 2.75) is 18.5 Å². The number of carbonyl (C=O) groups is 1. The highest BCUT2D eigenvalue weighted by molar-refractivity contribution is 7.53. The van der Waals surface area contributed by atoms with Crippen LogP contribution in [-0.4, -0.2) is 32.6 Å². The van der Waals surface area contributed by atoms with Crippen molar-refractivity contribution in [1.82, 2.24) is 0 Å². The molecule has 1 atom stereocenters. The highest BCUT2D eigenvalue weighted by Crippen LogP contribution is 2.51. The van der Waals surface area contributed by atoms with Crippen molar-refractivity contribution in [1.29, 1.82) is 0 Å². The van der Waals surface area contributed by atoms with Crippen molar-refractivity contribution < 1.29 is 24.3 Å². The summed E-state index contributed by atoms with van der Waals surface area (Å²) >= 11 is 0. The Morgan fingerprint density at radius 3 is 2.08 bits per heavy atom. The summed E-state index contributed by atoms with van der Waals surface area (Å²) in [6, 6.07) is 0. The van der Waals surface area contributed by atoms with Gasteiger partial charge in [0.1, 0.15) is 5.16 Å². The van der Waals surface area contributed by atoms with E-state index < -0.39 is 31.7 Å². The Balaban J connectivity index is 4.69. The van der Waals surface area contributed by atoms with Gasteiger partial charge in [0.25, 0.3) is 0 Å².